The molecular formula is C29H34N4O2. The number of fused-ring (bicyclic) bond motifs is 1. The van der Waals surface area contributed by atoms with Gasteiger partial charge in [0.15, 0.2) is 0 Å². The fourth-order valence-electron chi connectivity index (χ4n) is 6.00. The Morgan fingerprint density at radius 1 is 0.971 bits per heavy atom. The molecule has 2 heterocycles. The van der Waals surface area contributed by atoms with Crippen LogP contribution in [-0.2, 0) is 11.3 Å². The highest BCUT2D eigenvalue weighted by Crippen LogP contribution is 2.41. The summed E-state index contributed by atoms with van der Waals surface area (Å²) in [5.74, 6) is 0.411. The van der Waals surface area contributed by atoms with Crippen LogP contribution in [0.3, 0.4) is 0 Å². The summed E-state index contributed by atoms with van der Waals surface area (Å²) in [5, 5.41) is 4.75. The van der Waals surface area contributed by atoms with E-state index < -0.39 is 6.04 Å². The van der Waals surface area contributed by atoms with E-state index in [1.54, 1.807) is 4.90 Å². The lowest BCUT2D eigenvalue weighted by Crippen LogP contribution is -2.49. The van der Waals surface area contributed by atoms with Crippen LogP contribution in [0.25, 0.3) is 5.69 Å². The molecule has 6 nitrogen and oxygen atoms in total. The van der Waals surface area contributed by atoms with Gasteiger partial charge in [-0.25, -0.2) is 4.68 Å². The number of likely N-dealkylation sites (N-methyl/N-ethyl adjacent to an activating group) is 1. The number of carbonyl (C=O) groups is 2. The molecule has 1 aliphatic carbocycles. The predicted octanol–water partition coefficient (Wildman–Crippen LogP) is 4.92. The minimum atomic E-state index is -0.411. The minimum Gasteiger partial charge on any atom is -0.340 e. The zero-order valence-corrected chi connectivity index (χ0v) is 20.9. The standard InChI is InChI=1S/C29H34N4O2/c1-20-25(21(2)33(30-20)24-15-8-5-9-16-24)19-31(3)29(35)27-18-23-14-10-11-17-26(23)32(27)28(34)22-12-6-4-7-13-22/h4-9,12-13,15-16,23,26-27H,10-11,14,17-19H2,1-3H3. The Morgan fingerprint density at radius 3 is 2.34 bits per heavy atom. The Labute approximate surface area is 207 Å². The molecule has 3 aromatic rings. The van der Waals surface area contributed by atoms with E-state index >= 15 is 0 Å². The average molecular weight is 471 g/mol. The highest BCUT2D eigenvalue weighted by atomic mass is 16.2. The third-order valence-corrected chi connectivity index (χ3v) is 7.84. The summed E-state index contributed by atoms with van der Waals surface area (Å²) in [6.45, 7) is 4.52. The molecule has 1 aromatic heterocycles. The van der Waals surface area contributed by atoms with Gasteiger partial charge in [-0.15, -0.1) is 0 Å². The molecule has 2 aliphatic rings. The van der Waals surface area contributed by atoms with Crippen molar-refractivity contribution in [3.63, 3.8) is 0 Å². The maximum Gasteiger partial charge on any atom is 0.254 e. The van der Waals surface area contributed by atoms with Crippen LogP contribution >= 0.6 is 0 Å². The summed E-state index contributed by atoms with van der Waals surface area (Å²) in [5.41, 5.74) is 4.68. The van der Waals surface area contributed by atoms with Gasteiger partial charge < -0.3 is 9.80 Å². The molecule has 2 amide bonds. The summed E-state index contributed by atoms with van der Waals surface area (Å²) in [6.07, 6.45) is 5.14. The maximum atomic E-state index is 13.8. The van der Waals surface area contributed by atoms with E-state index in [0.29, 0.717) is 18.0 Å². The monoisotopic (exact) mass is 470 g/mol. The van der Waals surface area contributed by atoms with Gasteiger partial charge in [0.05, 0.1) is 11.4 Å². The van der Waals surface area contributed by atoms with Crippen LogP contribution in [0.4, 0.5) is 0 Å². The molecular weight excluding hydrogens is 436 g/mol. The van der Waals surface area contributed by atoms with Crippen LogP contribution in [0, 0.1) is 19.8 Å². The second-order valence-electron chi connectivity index (χ2n) is 10.0. The number of hydrogen-bond acceptors (Lipinski definition) is 3. The van der Waals surface area contributed by atoms with Crippen molar-refractivity contribution in [2.24, 2.45) is 5.92 Å². The Hall–Kier alpha value is -3.41. The fraction of sp³-hybridized carbons (Fsp3) is 0.414. The van der Waals surface area contributed by atoms with Gasteiger partial charge in [-0.05, 0) is 63.3 Å². The van der Waals surface area contributed by atoms with Gasteiger partial charge in [0.2, 0.25) is 5.91 Å². The molecule has 182 valence electrons. The van der Waals surface area contributed by atoms with Crippen LogP contribution in [0.15, 0.2) is 60.7 Å². The summed E-state index contributed by atoms with van der Waals surface area (Å²) in [6, 6.07) is 19.2. The van der Waals surface area contributed by atoms with Crippen molar-refractivity contribution in [2.45, 2.75) is 64.6 Å². The Balaban J connectivity index is 1.40. The number of carbonyl (C=O) groups excluding carboxylic acids is 2. The van der Waals surface area contributed by atoms with Gasteiger partial charge in [-0.1, -0.05) is 49.2 Å². The Bertz CT molecular complexity index is 1200. The van der Waals surface area contributed by atoms with Gasteiger partial charge >= 0.3 is 0 Å². The lowest BCUT2D eigenvalue weighted by atomic mass is 9.84. The SMILES string of the molecule is Cc1nn(-c2ccccc2)c(C)c1CN(C)C(=O)C1CC2CCCCC2N1C(=O)c1ccccc1. The van der Waals surface area contributed by atoms with Crippen molar-refractivity contribution in [1.82, 2.24) is 19.6 Å². The van der Waals surface area contributed by atoms with E-state index in [-0.39, 0.29) is 17.9 Å². The van der Waals surface area contributed by atoms with Crippen molar-refractivity contribution in [3.05, 3.63) is 83.2 Å². The van der Waals surface area contributed by atoms with E-state index in [1.165, 1.54) is 6.42 Å². The molecule has 0 N–H and O–H groups in total. The van der Waals surface area contributed by atoms with Gasteiger partial charge in [-0.2, -0.15) is 5.10 Å². The molecule has 1 aliphatic heterocycles. The molecule has 0 radical (unpaired) electrons. The second kappa shape index (κ2) is 9.68. The predicted molar refractivity (Wildman–Crippen MR) is 136 cm³/mol. The highest BCUT2D eigenvalue weighted by molar-refractivity contribution is 5.98. The number of likely N-dealkylation sites (tertiary alicyclic amines) is 1. The second-order valence-corrected chi connectivity index (χ2v) is 10.0. The smallest absolute Gasteiger partial charge is 0.254 e. The number of hydrogen-bond donors (Lipinski definition) is 0. The number of para-hydroxylation sites is 1. The lowest BCUT2D eigenvalue weighted by Gasteiger charge is -2.34. The quantitative estimate of drug-likeness (QED) is 0.532. The third kappa shape index (κ3) is 4.38. The zero-order valence-electron chi connectivity index (χ0n) is 20.9. The molecule has 6 heteroatoms. The van der Waals surface area contributed by atoms with E-state index in [4.69, 9.17) is 5.10 Å². The topological polar surface area (TPSA) is 58.4 Å². The number of benzene rings is 2. The molecule has 3 unspecified atom stereocenters. The van der Waals surface area contributed by atoms with Crippen molar-refractivity contribution >= 4 is 11.8 Å². The molecule has 2 aromatic carbocycles. The normalized spacial score (nSPS) is 21.6. The van der Waals surface area contributed by atoms with Crippen LogP contribution in [0.2, 0.25) is 0 Å². The maximum absolute atomic E-state index is 13.8. The first-order chi connectivity index (χ1) is 17.0. The van der Waals surface area contributed by atoms with Gasteiger partial charge in [0.25, 0.3) is 5.91 Å². The largest absolute Gasteiger partial charge is 0.340 e. The zero-order chi connectivity index (χ0) is 24.5. The van der Waals surface area contributed by atoms with Crippen LogP contribution in [0.5, 0.6) is 0 Å². The number of amides is 2. The van der Waals surface area contributed by atoms with Crippen LogP contribution in [0.1, 0.15) is 59.4 Å². The Morgan fingerprint density at radius 2 is 1.63 bits per heavy atom. The Kier molecular flexibility index (Phi) is 6.46. The van der Waals surface area contributed by atoms with E-state index in [0.717, 1.165) is 48.3 Å². The number of rotatable bonds is 5. The highest BCUT2D eigenvalue weighted by Gasteiger charge is 2.48. The first kappa shape index (κ1) is 23.3. The van der Waals surface area contributed by atoms with E-state index in [2.05, 4.69) is 6.92 Å². The molecule has 0 spiro atoms. The summed E-state index contributed by atoms with van der Waals surface area (Å²) in [4.78, 5) is 31.2. The molecule has 0 bridgehead atoms. The van der Waals surface area contributed by atoms with Crippen LogP contribution in [-0.4, -0.2) is 50.5 Å². The molecule has 35 heavy (non-hydrogen) atoms. The molecule has 1 saturated heterocycles. The third-order valence-electron chi connectivity index (χ3n) is 7.84. The number of aryl methyl sites for hydroxylation is 1. The van der Waals surface area contributed by atoms with Gasteiger partial charge in [0, 0.05) is 36.5 Å². The van der Waals surface area contributed by atoms with E-state index in [1.807, 2.05) is 84.2 Å². The fourth-order valence-corrected chi connectivity index (χ4v) is 6.00. The summed E-state index contributed by atoms with van der Waals surface area (Å²) in [7, 11) is 1.86. The van der Waals surface area contributed by atoms with Crippen molar-refractivity contribution < 1.29 is 9.59 Å². The van der Waals surface area contributed by atoms with Crippen molar-refractivity contribution in [3.8, 4) is 5.69 Å². The van der Waals surface area contributed by atoms with Gasteiger partial charge in [0.1, 0.15) is 6.04 Å². The first-order valence-corrected chi connectivity index (χ1v) is 12.7. The van der Waals surface area contributed by atoms with Gasteiger partial charge in [-0.3, -0.25) is 9.59 Å². The average Bonchev–Trinajstić information content (AvgIpc) is 3.42. The van der Waals surface area contributed by atoms with E-state index in [9.17, 15) is 9.59 Å². The van der Waals surface area contributed by atoms with Crippen molar-refractivity contribution in [1.29, 1.82) is 0 Å². The van der Waals surface area contributed by atoms with Crippen LogP contribution < -0.4 is 0 Å². The molecule has 3 atom stereocenters. The molecule has 2 fully saturated rings. The molecule has 1 saturated carbocycles. The summed E-state index contributed by atoms with van der Waals surface area (Å²) >= 11 is 0. The van der Waals surface area contributed by atoms with Crippen molar-refractivity contribution in [2.75, 3.05) is 7.05 Å². The lowest BCUT2D eigenvalue weighted by molar-refractivity contribution is -0.134. The first-order valence-electron chi connectivity index (χ1n) is 12.7. The number of aromatic nitrogens is 2. The minimum absolute atomic E-state index is 0.0176. The number of nitrogens with zero attached hydrogens (tertiary/aromatic N) is 4. The molecule has 5 rings (SSSR count). The summed E-state index contributed by atoms with van der Waals surface area (Å²) < 4.78 is 1.94.